The molecule has 2 amide bonds. The molecule has 0 aliphatic carbocycles. The molecule has 0 spiro atoms. The molecular weight excluding hydrogens is 270 g/mol. The Labute approximate surface area is 115 Å². The van der Waals surface area contributed by atoms with Crippen molar-refractivity contribution in [3.05, 3.63) is 0 Å². The molecular formula is C11H19N3O6. The van der Waals surface area contributed by atoms with Crippen molar-refractivity contribution in [1.82, 2.24) is 10.6 Å². The number of carboxylic acids is 1. The lowest BCUT2D eigenvalue weighted by molar-refractivity contribution is -0.149. The number of aliphatic hydroxyl groups excluding tert-OH is 1. The van der Waals surface area contributed by atoms with Gasteiger partial charge in [0.25, 0.3) is 5.91 Å². The van der Waals surface area contributed by atoms with Gasteiger partial charge in [-0.25, -0.2) is 4.79 Å². The number of rotatable bonds is 5. The third kappa shape index (κ3) is 3.44. The number of carboxylic acid groups (broad SMARTS) is 1. The Bertz CT molecular complexity index is 413. The largest absolute Gasteiger partial charge is 0.480 e. The van der Waals surface area contributed by atoms with Crippen LogP contribution in [0.4, 0.5) is 0 Å². The van der Waals surface area contributed by atoms with Gasteiger partial charge >= 0.3 is 5.97 Å². The lowest BCUT2D eigenvalue weighted by Crippen LogP contribution is -2.63. The molecule has 0 saturated carbocycles. The number of carbonyl (C=O) groups excluding carboxylic acids is 2. The number of nitrogens with two attached hydrogens (primary N) is 1. The average molecular weight is 289 g/mol. The van der Waals surface area contributed by atoms with Crippen LogP contribution in [-0.4, -0.2) is 63.4 Å². The quantitative estimate of drug-likeness (QED) is 0.312. The molecule has 0 aromatic rings. The summed E-state index contributed by atoms with van der Waals surface area (Å²) in [7, 11) is 0. The number of piperidine rings is 1. The fourth-order valence-electron chi connectivity index (χ4n) is 1.90. The van der Waals surface area contributed by atoms with E-state index < -0.39 is 41.6 Å². The molecule has 114 valence electrons. The fraction of sp³-hybridized carbons (Fsp3) is 0.727. The van der Waals surface area contributed by atoms with Crippen molar-refractivity contribution in [2.75, 3.05) is 6.54 Å². The van der Waals surface area contributed by atoms with Gasteiger partial charge in [0.05, 0.1) is 6.10 Å². The second-order valence-electron chi connectivity index (χ2n) is 4.87. The van der Waals surface area contributed by atoms with E-state index in [9.17, 15) is 24.6 Å². The van der Waals surface area contributed by atoms with Crippen molar-refractivity contribution in [2.45, 2.75) is 43.6 Å². The molecule has 0 unspecified atom stereocenters. The normalized spacial score (nSPS) is 29.2. The average Bonchev–Trinajstić information content (AvgIpc) is 2.38. The molecule has 1 fully saturated rings. The van der Waals surface area contributed by atoms with Crippen LogP contribution in [0.1, 0.15) is 19.8 Å². The van der Waals surface area contributed by atoms with Gasteiger partial charge in [-0.05, 0) is 19.8 Å². The highest BCUT2D eigenvalue weighted by atomic mass is 16.4. The first-order chi connectivity index (χ1) is 9.21. The highest BCUT2D eigenvalue weighted by Crippen LogP contribution is 2.19. The van der Waals surface area contributed by atoms with Gasteiger partial charge < -0.3 is 31.7 Å². The smallest absolute Gasteiger partial charge is 0.328 e. The molecule has 4 atom stereocenters. The molecule has 1 saturated heterocycles. The van der Waals surface area contributed by atoms with E-state index >= 15 is 0 Å². The number of nitrogens with one attached hydrogen (secondary N) is 2. The van der Waals surface area contributed by atoms with Gasteiger partial charge in [-0.2, -0.15) is 0 Å². The summed E-state index contributed by atoms with van der Waals surface area (Å²) in [5, 5.41) is 32.3. The topological polar surface area (TPSA) is 162 Å². The van der Waals surface area contributed by atoms with E-state index in [0.717, 1.165) is 0 Å². The first-order valence-electron chi connectivity index (χ1n) is 6.16. The van der Waals surface area contributed by atoms with Gasteiger partial charge in [0, 0.05) is 6.54 Å². The molecule has 1 heterocycles. The molecule has 1 rings (SSSR count). The minimum absolute atomic E-state index is 0.000162. The van der Waals surface area contributed by atoms with Crippen molar-refractivity contribution in [3.63, 3.8) is 0 Å². The van der Waals surface area contributed by atoms with E-state index in [2.05, 4.69) is 10.6 Å². The molecule has 1 aliphatic heterocycles. The Hall–Kier alpha value is -1.71. The second kappa shape index (κ2) is 6.16. The summed E-state index contributed by atoms with van der Waals surface area (Å²) in [6.07, 6.45) is -1.16. The van der Waals surface area contributed by atoms with E-state index in [1.54, 1.807) is 0 Å². The highest BCUT2D eigenvalue weighted by molar-refractivity contribution is 5.94. The monoisotopic (exact) mass is 289 g/mol. The van der Waals surface area contributed by atoms with Gasteiger partial charge in [0.2, 0.25) is 5.91 Å². The van der Waals surface area contributed by atoms with Gasteiger partial charge in [-0.1, -0.05) is 0 Å². The Morgan fingerprint density at radius 1 is 1.60 bits per heavy atom. The molecule has 0 aromatic heterocycles. The Kier molecular flexibility index (Phi) is 5.03. The Morgan fingerprint density at radius 3 is 2.60 bits per heavy atom. The number of carbonyl (C=O) groups is 3. The number of aliphatic hydroxyl groups is 2. The van der Waals surface area contributed by atoms with Gasteiger partial charge in [-0.3, -0.25) is 9.59 Å². The van der Waals surface area contributed by atoms with Crippen molar-refractivity contribution in [1.29, 1.82) is 0 Å². The number of amides is 2. The lowest BCUT2D eigenvalue weighted by atomic mass is 9.89. The van der Waals surface area contributed by atoms with Crippen molar-refractivity contribution in [3.8, 4) is 0 Å². The van der Waals surface area contributed by atoms with E-state index in [4.69, 9.17) is 10.8 Å². The van der Waals surface area contributed by atoms with Gasteiger partial charge in [0.1, 0.15) is 6.04 Å². The van der Waals surface area contributed by atoms with E-state index in [0.29, 0.717) is 0 Å². The van der Waals surface area contributed by atoms with Crippen molar-refractivity contribution >= 4 is 17.8 Å². The van der Waals surface area contributed by atoms with E-state index in [-0.39, 0.29) is 19.4 Å². The zero-order valence-electron chi connectivity index (χ0n) is 11.0. The number of hydrogen-bond donors (Lipinski definition) is 6. The van der Waals surface area contributed by atoms with Crippen LogP contribution in [0.25, 0.3) is 0 Å². The zero-order valence-corrected chi connectivity index (χ0v) is 11.0. The van der Waals surface area contributed by atoms with Crippen LogP contribution in [0.2, 0.25) is 0 Å². The minimum atomic E-state index is -1.70. The fourth-order valence-corrected chi connectivity index (χ4v) is 1.90. The van der Waals surface area contributed by atoms with E-state index in [1.165, 1.54) is 6.92 Å². The van der Waals surface area contributed by atoms with Gasteiger partial charge in [-0.15, -0.1) is 0 Å². The van der Waals surface area contributed by atoms with Crippen LogP contribution < -0.4 is 16.4 Å². The van der Waals surface area contributed by atoms with Gasteiger partial charge in [0.15, 0.2) is 11.6 Å². The third-order valence-corrected chi connectivity index (χ3v) is 3.27. The maximum Gasteiger partial charge on any atom is 0.328 e. The summed E-state index contributed by atoms with van der Waals surface area (Å²) in [4.78, 5) is 34.3. The highest BCUT2D eigenvalue weighted by Gasteiger charge is 2.42. The molecule has 1 aliphatic rings. The first-order valence-corrected chi connectivity index (χ1v) is 6.16. The standard InChI is InChI=1S/C11H19N3O6/c1-5(15)7(9(17)18)14-8(16)6-2-3-11(20,4-12)10(19)13-6/h5-7,15,20H,2-4,12H2,1H3,(H,13,19)(H,14,16)(H,17,18)/t5-,6+,7+,11+/m1/s1. The third-order valence-electron chi connectivity index (χ3n) is 3.27. The SMILES string of the molecule is C[C@@H](O)[C@H](NC(=O)[C@@H]1CC[C@](O)(CN)C(=O)N1)C(=O)O. The predicted octanol–water partition coefficient (Wildman–Crippen LogP) is -3.09. The summed E-state index contributed by atoms with van der Waals surface area (Å²) in [5.74, 6) is -2.88. The number of hydrogen-bond acceptors (Lipinski definition) is 6. The summed E-state index contributed by atoms with van der Waals surface area (Å²) in [6.45, 7) is 0.963. The summed E-state index contributed by atoms with van der Waals surface area (Å²) < 4.78 is 0. The van der Waals surface area contributed by atoms with Crippen LogP contribution in [-0.2, 0) is 14.4 Å². The molecule has 20 heavy (non-hydrogen) atoms. The molecule has 7 N–H and O–H groups in total. The zero-order chi connectivity index (χ0) is 15.5. The summed E-state index contributed by atoms with van der Waals surface area (Å²) in [5.41, 5.74) is 3.59. The molecule has 0 aromatic carbocycles. The van der Waals surface area contributed by atoms with Crippen LogP contribution in [0, 0.1) is 0 Å². The van der Waals surface area contributed by atoms with Crippen LogP contribution in [0.3, 0.4) is 0 Å². The maximum atomic E-state index is 11.8. The van der Waals surface area contributed by atoms with E-state index in [1.807, 2.05) is 0 Å². The lowest BCUT2D eigenvalue weighted by Gasteiger charge is -2.34. The summed E-state index contributed by atoms with van der Waals surface area (Å²) >= 11 is 0. The predicted molar refractivity (Wildman–Crippen MR) is 66.4 cm³/mol. The van der Waals surface area contributed by atoms with Crippen molar-refractivity contribution < 1.29 is 29.7 Å². The van der Waals surface area contributed by atoms with Crippen LogP contribution in [0.5, 0.6) is 0 Å². The van der Waals surface area contributed by atoms with Crippen LogP contribution >= 0.6 is 0 Å². The minimum Gasteiger partial charge on any atom is -0.480 e. The molecule has 9 nitrogen and oxygen atoms in total. The summed E-state index contributed by atoms with van der Waals surface area (Å²) in [6, 6.07) is -2.43. The first kappa shape index (κ1) is 16.3. The Morgan fingerprint density at radius 2 is 2.20 bits per heavy atom. The molecule has 0 bridgehead atoms. The number of aliphatic carboxylic acids is 1. The maximum absolute atomic E-state index is 11.8. The molecule has 0 radical (unpaired) electrons. The Balaban J connectivity index is 2.67. The molecule has 9 heteroatoms. The van der Waals surface area contributed by atoms with Crippen LogP contribution in [0.15, 0.2) is 0 Å². The van der Waals surface area contributed by atoms with Crippen molar-refractivity contribution in [2.24, 2.45) is 5.73 Å². The second-order valence-corrected chi connectivity index (χ2v) is 4.87.